The molecule has 0 spiro atoms. The number of likely N-dealkylation sites (tertiary alicyclic amines) is 1. The van der Waals surface area contributed by atoms with Gasteiger partial charge < -0.3 is 34.9 Å². The summed E-state index contributed by atoms with van der Waals surface area (Å²) in [5.41, 5.74) is 5.79. The third-order valence-electron chi connectivity index (χ3n) is 8.89. The first kappa shape index (κ1) is 30.3. The van der Waals surface area contributed by atoms with E-state index >= 15 is 0 Å². The minimum atomic E-state index is -0.732. The minimum Gasteiger partial charge on any atom is -0.402 e. The van der Waals surface area contributed by atoms with Gasteiger partial charge in [-0.2, -0.15) is 0 Å². The topological polar surface area (TPSA) is 123 Å². The molecule has 0 saturated carbocycles. The Hall–Kier alpha value is -2.63. The summed E-state index contributed by atoms with van der Waals surface area (Å²) in [6, 6.07) is 9.21. The smallest absolute Gasteiger partial charge is 0.402 e. The number of nitrogens with zero attached hydrogens (tertiary/aromatic N) is 2. The average Bonchev–Trinajstić information content (AvgIpc) is 3.49. The van der Waals surface area contributed by atoms with E-state index in [-0.39, 0.29) is 18.2 Å². The molecule has 3 saturated heterocycles. The van der Waals surface area contributed by atoms with Crippen molar-refractivity contribution in [1.82, 2.24) is 15.1 Å². The molecule has 11 heteroatoms. The second kappa shape index (κ2) is 12.9. The van der Waals surface area contributed by atoms with Crippen LogP contribution >= 0.6 is 0 Å². The number of nitrogens with two attached hydrogens (primary N) is 1. The summed E-state index contributed by atoms with van der Waals surface area (Å²) in [4.78, 5) is 42.9. The van der Waals surface area contributed by atoms with Crippen LogP contribution in [0.25, 0.3) is 0 Å². The number of benzene rings is 1. The molecule has 3 atom stereocenters. The average molecular weight is 557 g/mol. The lowest BCUT2D eigenvalue weighted by atomic mass is 9.74. The number of morpholine rings is 1. The second-order valence-corrected chi connectivity index (χ2v) is 12.2. The van der Waals surface area contributed by atoms with Crippen LogP contribution in [0.1, 0.15) is 65.4 Å². The van der Waals surface area contributed by atoms with Gasteiger partial charge in [0.1, 0.15) is 0 Å². The Kier molecular flexibility index (Phi) is 9.79. The third-order valence-corrected chi connectivity index (χ3v) is 8.89. The van der Waals surface area contributed by atoms with Crippen LogP contribution < -0.4 is 11.1 Å². The van der Waals surface area contributed by atoms with Crippen LogP contribution in [-0.2, 0) is 30.1 Å². The molecule has 40 heavy (non-hydrogen) atoms. The van der Waals surface area contributed by atoms with E-state index in [1.54, 1.807) is 4.90 Å². The number of hydrogen-bond acceptors (Lipinski definition) is 6. The summed E-state index contributed by atoms with van der Waals surface area (Å²) in [6.07, 6.45) is 3.65. The molecule has 4 amide bonds. The maximum Gasteiger partial charge on any atom is 0.481 e. The summed E-state index contributed by atoms with van der Waals surface area (Å²) >= 11 is 0. The highest BCUT2D eigenvalue weighted by molar-refractivity contribution is 6.48. The molecule has 1 aromatic carbocycles. The van der Waals surface area contributed by atoms with E-state index in [1.165, 1.54) is 10.5 Å². The number of ether oxygens (including phenoxy) is 1. The zero-order chi connectivity index (χ0) is 28.9. The first-order chi connectivity index (χ1) is 19.0. The monoisotopic (exact) mass is 556 g/mol. The molecule has 0 radical (unpaired) electrons. The number of carbonyl (C=O) groups is 3. The fourth-order valence-electron chi connectivity index (χ4n) is 5.81. The molecule has 3 aliphatic rings. The number of aryl methyl sites for hydroxylation is 1. The highest BCUT2D eigenvalue weighted by atomic mass is 16.7. The number of hydrogen-bond donors (Lipinski definition) is 2. The van der Waals surface area contributed by atoms with Crippen molar-refractivity contribution in [2.45, 2.75) is 89.4 Å². The van der Waals surface area contributed by atoms with E-state index in [4.69, 9.17) is 19.8 Å². The van der Waals surface area contributed by atoms with E-state index in [9.17, 15) is 14.4 Å². The van der Waals surface area contributed by atoms with E-state index in [0.29, 0.717) is 45.7 Å². The molecule has 1 aromatic rings. The van der Waals surface area contributed by atoms with Gasteiger partial charge in [-0.1, -0.05) is 30.3 Å². The predicted molar refractivity (Wildman–Crippen MR) is 152 cm³/mol. The van der Waals surface area contributed by atoms with Gasteiger partial charge in [0.05, 0.1) is 36.3 Å². The second-order valence-electron chi connectivity index (χ2n) is 12.2. The van der Waals surface area contributed by atoms with Gasteiger partial charge in [-0.25, -0.2) is 4.79 Å². The predicted octanol–water partition coefficient (Wildman–Crippen LogP) is 2.53. The largest absolute Gasteiger partial charge is 0.481 e. The van der Waals surface area contributed by atoms with Gasteiger partial charge in [-0.05, 0) is 65.4 Å². The van der Waals surface area contributed by atoms with Gasteiger partial charge in [0, 0.05) is 32.1 Å². The number of amides is 4. The highest BCUT2D eigenvalue weighted by Crippen LogP contribution is 2.38. The van der Waals surface area contributed by atoms with Crippen molar-refractivity contribution < 1.29 is 28.4 Å². The lowest BCUT2D eigenvalue weighted by Crippen LogP contribution is -2.55. The van der Waals surface area contributed by atoms with Crippen LogP contribution in [0.2, 0.25) is 0 Å². The van der Waals surface area contributed by atoms with Crippen molar-refractivity contribution in [3.05, 3.63) is 35.9 Å². The van der Waals surface area contributed by atoms with Gasteiger partial charge in [0.25, 0.3) is 0 Å². The number of rotatable bonds is 10. The molecular weight excluding hydrogens is 511 g/mol. The molecule has 0 aliphatic carbocycles. The Labute approximate surface area is 238 Å². The molecule has 4 rings (SSSR count). The van der Waals surface area contributed by atoms with E-state index in [2.05, 4.69) is 17.4 Å². The number of carbonyl (C=O) groups excluding carboxylic acids is 3. The lowest BCUT2D eigenvalue weighted by molar-refractivity contribution is -0.140. The van der Waals surface area contributed by atoms with E-state index in [1.807, 2.05) is 45.9 Å². The highest BCUT2D eigenvalue weighted by Gasteiger charge is 2.54. The van der Waals surface area contributed by atoms with E-state index in [0.717, 1.165) is 19.3 Å². The van der Waals surface area contributed by atoms with Gasteiger partial charge in [0.2, 0.25) is 11.8 Å². The SMILES string of the molecule is CC1(C)OB([C@H](CCCc2ccccc2)NC(=O)[C@H](CC(=O)N2CCOCC2)C2CCCN2C(N)=O)OC1(C)C. The number of nitrogens with one attached hydrogen (secondary N) is 1. The van der Waals surface area contributed by atoms with Gasteiger partial charge in [0.15, 0.2) is 0 Å². The third kappa shape index (κ3) is 7.17. The molecule has 1 unspecified atom stereocenters. The molecule has 3 N–H and O–H groups in total. The molecule has 0 aromatic heterocycles. The first-order valence-corrected chi connectivity index (χ1v) is 14.6. The molecule has 10 nitrogen and oxygen atoms in total. The van der Waals surface area contributed by atoms with Gasteiger partial charge in [-0.3, -0.25) is 9.59 Å². The van der Waals surface area contributed by atoms with Crippen molar-refractivity contribution in [3.63, 3.8) is 0 Å². The number of urea groups is 1. The summed E-state index contributed by atoms with van der Waals surface area (Å²) in [5, 5.41) is 3.20. The quantitative estimate of drug-likeness (QED) is 0.427. The van der Waals surface area contributed by atoms with Crippen molar-refractivity contribution in [2.24, 2.45) is 11.7 Å². The first-order valence-electron chi connectivity index (χ1n) is 14.6. The van der Waals surface area contributed by atoms with Crippen LogP contribution in [0.4, 0.5) is 4.79 Å². The van der Waals surface area contributed by atoms with Crippen molar-refractivity contribution in [2.75, 3.05) is 32.8 Å². The van der Waals surface area contributed by atoms with Crippen LogP contribution in [-0.4, -0.2) is 90.8 Å². The number of primary amides is 1. The molecule has 220 valence electrons. The maximum absolute atomic E-state index is 14.0. The molecule has 3 fully saturated rings. The molecule has 3 heterocycles. The van der Waals surface area contributed by atoms with Crippen molar-refractivity contribution in [3.8, 4) is 0 Å². The zero-order valence-electron chi connectivity index (χ0n) is 24.4. The molecule has 0 bridgehead atoms. The summed E-state index contributed by atoms with van der Waals surface area (Å²) in [7, 11) is -0.642. The Morgan fingerprint density at radius 1 is 1.05 bits per heavy atom. The van der Waals surface area contributed by atoms with Crippen molar-refractivity contribution >= 4 is 25.0 Å². The minimum absolute atomic E-state index is 0.000379. The van der Waals surface area contributed by atoms with Crippen LogP contribution in [0.3, 0.4) is 0 Å². The summed E-state index contributed by atoms with van der Waals surface area (Å²) in [6.45, 7) is 10.4. The standard InChI is InChI=1S/C29H45BN4O6/c1-28(2)29(3,4)40-30(39-28)24(14-8-12-21-10-6-5-7-11-21)32-26(36)22(23-13-9-15-34(23)27(31)37)20-25(35)33-16-18-38-19-17-33/h5-7,10-11,22-24H,8-9,12-20H2,1-4H3,(H2,31,37)(H,32,36)/t22-,23?,24+/m1/s1. The normalized spacial score (nSPS) is 23.6. The fraction of sp³-hybridized carbons (Fsp3) is 0.690. The van der Waals surface area contributed by atoms with Gasteiger partial charge >= 0.3 is 13.1 Å². The Morgan fingerprint density at radius 3 is 2.33 bits per heavy atom. The van der Waals surface area contributed by atoms with Gasteiger partial charge in [-0.15, -0.1) is 0 Å². The Bertz CT molecular complexity index is 1020. The Balaban J connectivity index is 1.53. The lowest BCUT2D eigenvalue weighted by Gasteiger charge is -2.33. The van der Waals surface area contributed by atoms with E-state index < -0.39 is 42.3 Å². The molecular formula is C29H45BN4O6. The Morgan fingerprint density at radius 2 is 1.70 bits per heavy atom. The van der Waals surface area contributed by atoms with Crippen LogP contribution in [0.15, 0.2) is 30.3 Å². The van der Waals surface area contributed by atoms with Crippen molar-refractivity contribution in [1.29, 1.82) is 0 Å². The zero-order valence-corrected chi connectivity index (χ0v) is 24.4. The summed E-state index contributed by atoms with van der Waals surface area (Å²) < 4.78 is 18.1. The van der Waals surface area contributed by atoms with Crippen LogP contribution in [0.5, 0.6) is 0 Å². The maximum atomic E-state index is 14.0. The molecule has 3 aliphatic heterocycles. The summed E-state index contributed by atoms with van der Waals surface area (Å²) in [5.74, 6) is -1.55. The fourth-order valence-corrected chi connectivity index (χ4v) is 5.81. The van der Waals surface area contributed by atoms with Crippen LogP contribution in [0, 0.1) is 5.92 Å².